The van der Waals surface area contributed by atoms with Gasteiger partial charge in [-0.25, -0.2) is 0 Å². The van der Waals surface area contributed by atoms with Crippen LogP contribution in [0.25, 0.3) is 0 Å². The molecule has 19 heavy (non-hydrogen) atoms. The first kappa shape index (κ1) is 13.8. The molecule has 3 aliphatic heterocycles. The molecule has 0 N–H and O–H groups in total. The first-order chi connectivity index (χ1) is 9.20. The number of nitrogens with zero attached hydrogens (tertiary/aromatic N) is 3. The van der Waals surface area contributed by atoms with E-state index in [1.807, 2.05) is 0 Å². The highest BCUT2D eigenvalue weighted by Crippen LogP contribution is 2.30. The van der Waals surface area contributed by atoms with Gasteiger partial charge in [0.15, 0.2) is 0 Å². The van der Waals surface area contributed by atoms with Crippen LogP contribution in [-0.4, -0.2) is 74.1 Å². The summed E-state index contributed by atoms with van der Waals surface area (Å²) in [5.41, 5.74) is 0. The van der Waals surface area contributed by atoms with Crippen molar-refractivity contribution in [1.82, 2.24) is 14.7 Å². The molecule has 3 fully saturated rings. The second-order valence-electron chi connectivity index (χ2n) is 7.34. The van der Waals surface area contributed by atoms with Crippen molar-refractivity contribution in [2.75, 3.05) is 53.4 Å². The quantitative estimate of drug-likeness (QED) is 0.770. The standard InChI is InChI=1S/C16H31N3/c1-17-7-5-16(6-8-17)19-9-3-14(4-10-19)11-15-12-18(2)13-15/h14-16H,3-13H2,1-2H3. The lowest BCUT2D eigenvalue weighted by atomic mass is 9.83. The zero-order valence-electron chi connectivity index (χ0n) is 12.9. The van der Waals surface area contributed by atoms with Gasteiger partial charge in [-0.1, -0.05) is 0 Å². The van der Waals surface area contributed by atoms with E-state index in [1.54, 1.807) is 0 Å². The molecule has 3 rings (SSSR count). The van der Waals surface area contributed by atoms with Gasteiger partial charge in [0.25, 0.3) is 0 Å². The van der Waals surface area contributed by atoms with E-state index in [2.05, 4.69) is 28.8 Å². The van der Waals surface area contributed by atoms with E-state index in [4.69, 9.17) is 0 Å². The summed E-state index contributed by atoms with van der Waals surface area (Å²) in [6, 6.07) is 0.895. The predicted molar refractivity (Wildman–Crippen MR) is 80.4 cm³/mol. The number of rotatable bonds is 3. The van der Waals surface area contributed by atoms with Crippen LogP contribution in [0.2, 0.25) is 0 Å². The van der Waals surface area contributed by atoms with Crippen LogP contribution in [0.4, 0.5) is 0 Å². The number of hydrogen-bond donors (Lipinski definition) is 0. The van der Waals surface area contributed by atoms with Gasteiger partial charge >= 0.3 is 0 Å². The third-order valence-corrected chi connectivity index (χ3v) is 5.66. The average Bonchev–Trinajstić information content (AvgIpc) is 2.39. The molecule has 3 nitrogen and oxygen atoms in total. The number of hydrogen-bond acceptors (Lipinski definition) is 3. The Hall–Kier alpha value is -0.120. The maximum Gasteiger partial charge on any atom is 0.0120 e. The third kappa shape index (κ3) is 3.50. The Morgan fingerprint density at radius 3 is 1.95 bits per heavy atom. The van der Waals surface area contributed by atoms with E-state index in [-0.39, 0.29) is 0 Å². The van der Waals surface area contributed by atoms with Crippen molar-refractivity contribution in [2.24, 2.45) is 11.8 Å². The van der Waals surface area contributed by atoms with Gasteiger partial charge in [-0.2, -0.15) is 0 Å². The largest absolute Gasteiger partial charge is 0.306 e. The molecule has 3 aliphatic rings. The zero-order valence-corrected chi connectivity index (χ0v) is 12.9. The molecule has 0 spiro atoms. The third-order valence-electron chi connectivity index (χ3n) is 5.66. The van der Waals surface area contributed by atoms with Crippen LogP contribution in [0.3, 0.4) is 0 Å². The van der Waals surface area contributed by atoms with Gasteiger partial charge < -0.3 is 14.7 Å². The van der Waals surface area contributed by atoms with Crippen LogP contribution in [0.15, 0.2) is 0 Å². The fourth-order valence-electron chi connectivity index (χ4n) is 4.36. The van der Waals surface area contributed by atoms with Crippen LogP contribution in [0, 0.1) is 11.8 Å². The molecule has 0 atom stereocenters. The van der Waals surface area contributed by atoms with E-state index in [0.717, 1.165) is 17.9 Å². The molecule has 0 aromatic rings. The molecule has 3 heterocycles. The van der Waals surface area contributed by atoms with Gasteiger partial charge in [0.2, 0.25) is 0 Å². The van der Waals surface area contributed by atoms with E-state index in [0.29, 0.717) is 0 Å². The van der Waals surface area contributed by atoms with E-state index in [9.17, 15) is 0 Å². The van der Waals surface area contributed by atoms with Crippen LogP contribution in [-0.2, 0) is 0 Å². The van der Waals surface area contributed by atoms with Gasteiger partial charge in [-0.05, 0) is 84.2 Å². The van der Waals surface area contributed by atoms with Gasteiger partial charge in [0.1, 0.15) is 0 Å². The molecule has 0 saturated carbocycles. The van der Waals surface area contributed by atoms with Crippen molar-refractivity contribution >= 4 is 0 Å². The van der Waals surface area contributed by atoms with Gasteiger partial charge in [0, 0.05) is 19.1 Å². The molecule has 0 amide bonds. The Morgan fingerprint density at radius 1 is 0.737 bits per heavy atom. The molecule has 110 valence electrons. The summed E-state index contributed by atoms with van der Waals surface area (Å²) in [7, 11) is 4.51. The molecule has 0 unspecified atom stereocenters. The first-order valence-electron chi connectivity index (χ1n) is 8.32. The zero-order chi connectivity index (χ0) is 13.2. The lowest BCUT2D eigenvalue weighted by Crippen LogP contribution is -2.48. The number of piperidine rings is 2. The van der Waals surface area contributed by atoms with Crippen molar-refractivity contribution in [3.63, 3.8) is 0 Å². The molecule has 0 bridgehead atoms. The molecule has 0 radical (unpaired) electrons. The highest BCUT2D eigenvalue weighted by molar-refractivity contribution is 4.85. The molecule has 0 aliphatic carbocycles. The smallest absolute Gasteiger partial charge is 0.0120 e. The highest BCUT2D eigenvalue weighted by Gasteiger charge is 2.30. The second-order valence-corrected chi connectivity index (χ2v) is 7.34. The SMILES string of the molecule is CN1CCC(N2CCC(CC3CN(C)C3)CC2)CC1. The fraction of sp³-hybridized carbons (Fsp3) is 1.00. The maximum atomic E-state index is 2.80. The normalized spacial score (nSPS) is 30.6. The van der Waals surface area contributed by atoms with E-state index < -0.39 is 0 Å². The Labute approximate surface area is 118 Å². The van der Waals surface area contributed by atoms with Crippen molar-refractivity contribution in [3.8, 4) is 0 Å². The van der Waals surface area contributed by atoms with Gasteiger partial charge in [-0.15, -0.1) is 0 Å². The summed E-state index contributed by atoms with van der Waals surface area (Å²) in [5.74, 6) is 2.05. The summed E-state index contributed by atoms with van der Waals surface area (Å²) in [4.78, 5) is 7.74. The molecule has 0 aromatic heterocycles. The van der Waals surface area contributed by atoms with Gasteiger partial charge in [-0.3, -0.25) is 0 Å². The minimum absolute atomic E-state index is 0.895. The summed E-state index contributed by atoms with van der Waals surface area (Å²) in [5, 5.41) is 0. The van der Waals surface area contributed by atoms with Crippen LogP contribution >= 0.6 is 0 Å². The summed E-state index contributed by atoms with van der Waals surface area (Å²) >= 11 is 0. The van der Waals surface area contributed by atoms with Crippen molar-refractivity contribution in [2.45, 2.75) is 38.1 Å². The minimum atomic E-state index is 0.895. The van der Waals surface area contributed by atoms with Crippen LogP contribution in [0.5, 0.6) is 0 Å². The molecular weight excluding hydrogens is 234 g/mol. The second kappa shape index (κ2) is 6.11. The van der Waals surface area contributed by atoms with E-state index in [1.165, 1.54) is 71.4 Å². The number of likely N-dealkylation sites (tertiary alicyclic amines) is 3. The van der Waals surface area contributed by atoms with Gasteiger partial charge in [0.05, 0.1) is 0 Å². The lowest BCUT2D eigenvalue weighted by Gasteiger charge is -2.43. The Kier molecular flexibility index (Phi) is 4.45. The average molecular weight is 265 g/mol. The van der Waals surface area contributed by atoms with Crippen molar-refractivity contribution < 1.29 is 0 Å². The lowest BCUT2D eigenvalue weighted by molar-refractivity contribution is 0.0604. The monoisotopic (exact) mass is 265 g/mol. The molecule has 3 heteroatoms. The fourth-order valence-corrected chi connectivity index (χ4v) is 4.36. The van der Waals surface area contributed by atoms with Crippen molar-refractivity contribution in [3.05, 3.63) is 0 Å². The summed E-state index contributed by atoms with van der Waals surface area (Å²) in [6.07, 6.45) is 7.23. The van der Waals surface area contributed by atoms with Crippen molar-refractivity contribution in [1.29, 1.82) is 0 Å². The molecule has 0 aromatic carbocycles. The van der Waals surface area contributed by atoms with Crippen LogP contribution in [0.1, 0.15) is 32.1 Å². The molecule has 3 saturated heterocycles. The first-order valence-corrected chi connectivity index (χ1v) is 8.32. The Balaban J connectivity index is 1.37. The topological polar surface area (TPSA) is 9.72 Å². The summed E-state index contributed by atoms with van der Waals surface area (Å²) < 4.78 is 0. The Morgan fingerprint density at radius 2 is 1.37 bits per heavy atom. The highest BCUT2D eigenvalue weighted by atomic mass is 15.2. The predicted octanol–water partition coefficient (Wildman–Crippen LogP) is 1.74. The summed E-state index contributed by atoms with van der Waals surface area (Å²) in [6.45, 7) is 8.07. The van der Waals surface area contributed by atoms with E-state index >= 15 is 0 Å². The Bertz CT molecular complexity index is 272. The minimum Gasteiger partial charge on any atom is -0.306 e. The maximum absolute atomic E-state index is 2.80. The van der Waals surface area contributed by atoms with Crippen LogP contribution < -0.4 is 0 Å². The molecular formula is C16H31N3.